The third kappa shape index (κ3) is 6.49. The Balaban J connectivity index is 3.15. The number of hydrogen-bond acceptors (Lipinski definition) is 0. The lowest BCUT2D eigenvalue weighted by atomic mass is 9.57. The zero-order chi connectivity index (χ0) is 5.91. The van der Waals surface area contributed by atoms with Crippen LogP contribution in [0.3, 0.4) is 0 Å². The lowest BCUT2D eigenvalue weighted by Gasteiger charge is -2.13. The first-order valence-corrected chi connectivity index (χ1v) is 3.58. The van der Waals surface area contributed by atoms with Crippen molar-refractivity contribution in [2.45, 2.75) is 26.1 Å². The van der Waals surface area contributed by atoms with Crippen LogP contribution in [0.15, 0.2) is 0 Å². The molecule has 0 aliphatic carbocycles. The predicted octanol–water partition coefficient (Wildman–Crippen LogP) is 1.47. The summed E-state index contributed by atoms with van der Waals surface area (Å²) in [5.74, 6) is 0. The summed E-state index contributed by atoms with van der Waals surface area (Å²) in [5, 5.41) is 0.530. The van der Waals surface area contributed by atoms with Crippen LogP contribution in [-0.4, -0.2) is 13.3 Å². The van der Waals surface area contributed by atoms with E-state index >= 15 is 0 Å². The van der Waals surface area contributed by atoms with Crippen LogP contribution in [0, 0.1) is 0 Å². The van der Waals surface area contributed by atoms with Crippen molar-refractivity contribution in [3.8, 4) is 0 Å². The van der Waals surface area contributed by atoms with Crippen LogP contribution >= 0.6 is 9.24 Å². The fourth-order valence-electron chi connectivity index (χ4n) is 0.433. The van der Waals surface area contributed by atoms with Gasteiger partial charge in [0.1, 0.15) is 7.28 Å². The molecule has 0 rings (SSSR count). The van der Waals surface area contributed by atoms with Gasteiger partial charge in [0, 0.05) is 0 Å². The minimum Gasteiger partial charge on any atom is -0.145 e. The van der Waals surface area contributed by atoms with Crippen molar-refractivity contribution >= 4 is 16.5 Å². The Bertz CT molecular complexity index is 46.5. The lowest BCUT2D eigenvalue weighted by Crippen LogP contribution is -2.08. The molecule has 42 valence electrons. The molecule has 0 heterocycles. The first-order chi connectivity index (χ1) is 3.06. The summed E-state index contributed by atoms with van der Waals surface area (Å²) >= 11 is 0. The van der Waals surface area contributed by atoms with Gasteiger partial charge in [-0.2, -0.15) is 0 Å². The largest absolute Gasteiger partial charge is 0.145 e. The average molecular weight is 116 g/mol. The van der Waals surface area contributed by atoms with E-state index < -0.39 is 0 Å². The van der Waals surface area contributed by atoms with Gasteiger partial charge in [0.25, 0.3) is 0 Å². The molecule has 0 aliphatic rings. The highest BCUT2D eigenvalue weighted by Gasteiger charge is 2.08. The maximum atomic E-state index is 2.74. The van der Waals surface area contributed by atoms with E-state index in [2.05, 4.69) is 30.0 Å². The van der Waals surface area contributed by atoms with Crippen molar-refractivity contribution < 1.29 is 0 Å². The summed E-state index contributed by atoms with van der Waals surface area (Å²) in [7, 11) is 4.05. The maximum Gasteiger partial charge on any atom is 0.131 e. The summed E-state index contributed by atoms with van der Waals surface area (Å²) in [6.07, 6.45) is 0. The molecule has 0 saturated carbocycles. The monoisotopic (exact) mass is 116 g/mol. The topological polar surface area (TPSA) is 0 Å². The molecule has 0 saturated heterocycles. The molecule has 0 nitrogen and oxygen atoms in total. The van der Waals surface area contributed by atoms with Crippen molar-refractivity contribution in [1.82, 2.24) is 0 Å². The van der Waals surface area contributed by atoms with Gasteiger partial charge in [-0.1, -0.05) is 32.1 Å². The van der Waals surface area contributed by atoms with Crippen molar-refractivity contribution in [3.63, 3.8) is 0 Å². The van der Waals surface area contributed by atoms with Crippen LogP contribution in [0.4, 0.5) is 0 Å². The Kier molecular flexibility index (Phi) is 2.91. The smallest absolute Gasteiger partial charge is 0.131 e. The van der Waals surface area contributed by atoms with Crippen molar-refractivity contribution in [2.75, 3.05) is 6.06 Å². The number of rotatable bonds is 1. The Labute approximate surface area is 49.5 Å². The maximum absolute atomic E-state index is 2.74. The van der Waals surface area contributed by atoms with E-state index in [1.807, 2.05) is 0 Å². The standard InChI is InChI=1S/C5H14BP/c1-5(2,3)6-4-7/h6H,4,7H2,1-3H3. The Morgan fingerprint density at radius 1 is 1.43 bits per heavy atom. The summed E-state index contributed by atoms with van der Waals surface area (Å²) in [6.45, 7) is 6.78. The molecule has 0 aromatic heterocycles. The minimum absolute atomic E-state index is 0.530. The quantitative estimate of drug-likeness (QED) is 0.359. The third-order valence-electron chi connectivity index (χ3n) is 0.894. The Morgan fingerprint density at radius 3 is 1.86 bits per heavy atom. The summed E-state index contributed by atoms with van der Waals surface area (Å²) in [6, 6.07) is 1.23. The van der Waals surface area contributed by atoms with Crippen LogP contribution < -0.4 is 0 Å². The summed E-state index contributed by atoms with van der Waals surface area (Å²) < 4.78 is 0. The van der Waals surface area contributed by atoms with Crippen LogP contribution in [0.5, 0.6) is 0 Å². The van der Waals surface area contributed by atoms with Gasteiger partial charge in [-0.05, 0) is 0 Å². The van der Waals surface area contributed by atoms with Gasteiger partial charge in [0.15, 0.2) is 0 Å². The van der Waals surface area contributed by atoms with Crippen LogP contribution in [0.2, 0.25) is 5.31 Å². The second-order valence-corrected chi connectivity index (χ2v) is 3.68. The van der Waals surface area contributed by atoms with Crippen LogP contribution in [-0.2, 0) is 0 Å². The Hall–Kier alpha value is 0.495. The highest BCUT2D eigenvalue weighted by molar-refractivity contribution is 7.20. The molecule has 0 N–H and O–H groups in total. The van der Waals surface area contributed by atoms with Crippen LogP contribution in [0.1, 0.15) is 20.8 Å². The van der Waals surface area contributed by atoms with E-state index in [0.717, 1.165) is 0 Å². The van der Waals surface area contributed by atoms with Crippen molar-refractivity contribution in [1.29, 1.82) is 0 Å². The molecule has 0 aromatic rings. The SMILES string of the molecule is CC(C)(C)BCP. The normalized spacial score (nSPS) is 11.4. The molecule has 2 heteroatoms. The average Bonchev–Trinajstić information content (AvgIpc) is 1.30. The highest BCUT2D eigenvalue weighted by Crippen LogP contribution is 2.19. The van der Waals surface area contributed by atoms with Crippen molar-refractivity contribution in [2.24, 2.45) is 0 Å². The molecule has 0 spiro atoms. The molecule has 0 bridgehead atoms. The molecular formula is C5H14BP. The number of hydrogen-bond donors (Lipinski definition) is 0. The molecule has 0 aliphatic heterocycles. The van der Waals surface area contributed by atoms with E-state index in [-0.39, 0.29) is 0 Å². The fraction of sp³-hybridized carbons (Fsp3) is 1.00. The lowest BCUT2D eigenvalue weighted by molar-refractivity contribution is 0.755. The molecule has 1 atom stereocenters. The third-order valence-corrected chi connectivity index (χ3v) is 1.18. The minimum atomic E-state index is 0.530. The fourth-order valence-corrected chi connectivity index (χ4v) is 1.30. The first-order valence-electron chi connectivity index (χ1n) is 2.76. The van der Waals surface area contributed by atoms with Gasteiger partial charge >= 0.3 is 0 Å². The second kappa shape index (κ2) is 2.72. The second-order valence-electron chi connectivity index (χ2n) is 3.10. The van der Waals surface area contributed by atoms with Gasteiger partial charge in [-0.3, -0.25) is 0 Å². The summed E-state index contributed by atoms with van der Waals surface area (Å²) in [5.41, 5.74) is 0. The molecule has 0 fully saturated rings. The summed E-state index contributed by atoms with van der Waals surface area (Å²) in [4.78, 5) is 0. The Morgan fingerprint density at radius 2 is 1.86 bits per heavy atom. The first kappa shape index (κ1) is 7.49. The van der Waals surface area contributed by atoms with Gasteiger partial charge < -0.3 is 0 Å². The zero-order valence-electron chi connectivity index (χ0n) is 5.49. The van der Waals surface area contributed by atoms with E-state index in [1.165, 1.54) is 13.3 Å². The molecule has 0 radical (unpaired) electrons. The van der Waals surface area contributed by atoms with E-state index in [0.29, 0.717) is 5.31 Å². The van der Waals surface area contributed by atoms with E-state index in [4.69, 9.17) is 0 Å². The predicted molar refractivity (Wildman–Crippen MR) is 41.4 cm³/mol. The van der Waals surface area contributed by atoms with E-state index in [9.17, 15) is 0 Å². The zero-order valence-corrected chi connectivity index (χ0v) is 6.65. The van der Waals surface area contributed by atoms with Gasteiger partial charge in [0.2, 0.25) is 0 Å². The highest BCUT2D eigenvalue weighted by atomic mass is 31.0. The van der Waals surface area contributed by atoms with Crippen LogP contribution in [0.25, 0.3) is 0 Å². The molecule has 1 unspecified atom stereocenters. The molecule has 7 heavy (non-hydrogen) atoms. The van der Waals surface area contributed by atoms with Gasteiger partial charge in [-0.15, -0.1) is 9.24 Å². The molecule has 0 aromatic carbocycles. The van der Waals surface area contributed by atoms with Gasteiger partial charge in [-0.25, -0.2) is 0 Å². The van der Waals surface area contributed by atoms with E-state index in [1.54, 1.807) is 0 Å². The molecule has 0 amide bonds. The molecular weight excluding hydrogens is 102 g/mol. The van der Waals surface area contributed by atoms with Crippen molar-refractivity contribution in [3.05, 3.63) is 0 Å². The van der Waals surface area contributed by atoms with Gasteiger partial charge in [0.05, 0.1) is 0 Å².